The Kier molecular flexibility index (Phi) is 3.89. The van der Waals surface area contributed by atoms with Crippen LogP contribution in [0.4, 0.5) is 5.69 Å². The SMILES string of the molecule is CC1=CC(Nc2cc(-c3ccccc3)nc3ccccc23)NCN1. The Hall–Kier alpha value is -2.85. The predicted molar refractivity (Wildman–Crippen MR) is 99.5 cm³/mol. The minimum atomic E-state index is 0.0979. The summed E-state index contributed by atoms with van der Waals surface area (Å²) in [6.07, 6.45) is 2.25. The highest BCUT2D eigenvalue weighted by molar-refractivity contribution is 5.93. The Balaban J connectivity index is 1.79. The number of aromatic nitrogens is 1. The van der Waals surface area contributed by atoms with Gasteiger partial charge in [-0.3, -0.25) is 5.32 Å². The lowest BCUT2D eigenvalue weighted by molar-refractivity contribution is 0.562. The monoisotopic (exact) mass is 316 g/mol. The van der Waals surface area contributed by atoms with E-state index in [1.807, 2.05) is 30.3 Å². The lowest BCUT2D eigenvalue weighted by Gasteiger charge is -2.25. The van der Waals surface area contributed by atoms with Gasteiger partial charge in [-0.1, -0.05) is 48.5 Å². The van der Waals surface area contributed by atoms with Crippen LogP contribution in [-0.4, -0.2) is 17.8 Å². The van der Waals surface area contributed by atoms with Crippen molar-refractivity contribution in [2.24, 2.45) is 0 Å². The molecule has 1 atom stereocenters. The van der Waals surface area contributed by atoms with Gasteiger partial charge in [0.15, 0.2) is 0 Å². The summed E-state index contributed by atoms with van der Waals surface area (Å²) in [6, 6.07) is 20.7. The van der Waals surface area contributed by atoms with Crippen molar-refractivity contribution in [3.05, 3.63) is 72.4 Å². The summed E-state index contributed by atoms with van der Waals surface area (Å²) in [5.41, 5.74) is 5.36. The zero-order valence-corrected chi connectivity index (χ0v) is 13.6. The average molecular weight is 316 g/mol. The number of nitrogens with one attached hydrogen (secondary N) is 3. The van der Waals surface area contributed by atoms with E-state index in [0.29, 0.717) is 0 Å². The number of hydrogen-bond acceptors (Lipinski definition) is 4. The van der Waals surface area contributed by atoms with Gasteiger partial charge < -0.3 is 10.6 Å². The third kappa shape index (κ3) is 2.96. The van der Waals surface area contributed by atoms with Crippen molar-refractivity contribution in [3.8, 4) is 11.3 Å². The highest BCUT2D eigenvalue weighted by Crippen LogP contribution is 2.28. The molecule has 0 fully saturated rings. The standard InChI is InChI=1S/C20H20N4/c1-14-11-20(22-13-21-14)24-19-12-18(15-7-3-2-4-8-15)23-17-10-6-5-9-16(17)19/h2-12,20-22H,13H2,1H3,(H,23,24). The Morgan fingerprint density at radius 3 is 2.67 bits per heavy atom. The Bertz CT molecular complexity index is 887. The van der Waals surface area contributed by atoms with Crippen LogP contribution in [0.2, 0.25) is 0 Å². The minimum Gasteiger partial charge on any atom is -0.376 e. The van der Waals surface area contributed by atoms with Gasteiger partial charge in [-0.2, -0.15) is 0 Å². The van der Waals surface area contributed by atoms with Gasteiger partial charge in [0, 0.05) is 22.3 Å². The van der Waals surface area contributed by atoms with Crippen molar-refractivity contribution >= 4 is 16.6 Å². The van der Waals surface area contributed by atoms with Crippen molar-refractivity contribution < 1.29 is 0 Å². The van der Waals surface area contributed by atoms with E-state index >= 15 is 0 Å². The minimum absolute atomic E-state index is 0.0979. The van der Waals surface area contributed by atoms with Crippen LogP contribution in [0.3, 0.4) is 0 Å². The smallest absolute Gasteiger partial charge is 0.0994 e. The Labute approximate surface area is 141 Å². The van der Waals surface area contributed by atoms with Gasteiger partial charge in [0.25, 0.3) is 0 Å². The molecule has 1 aliphatic heterocycles. The van der Waals surface area contributed by atoms with Crippen molar-refractivity contribution in [3.63, 3.8) is 0 Å². The molecular weight excluding hydrogens is 296 g/mol. The van der Waals surface area contributed by atoms with Crippen LogP contribution in [-0.2, 0) is 0 Å². The van der Waals surface area contributed by atoms with E-state index in [1.165, 1.54) is 5.70 Å². The van der Waals surface area contributed by atoms with Crippen molar-refractivity contribution in [1.29, 1.82) is 0 Å². The van der Waals surface area contributed by atoms with Gasteiger partial charge in [0.05, 0.1) is 24.0 Å². The number of anilines is 1. The summed E-state index contributed by atoms with van der Waals surface area (Å²) in [5, 5.41) is 11.4. The molecule has 0 saturated carbocycles. The third-order valence-corrected chi connectivity index (χ3v) is 4.20. The number of hydrogen-bond donors (Lipinski definition) is 3. The van der Waals surface area contributed by atoms with Gasteiger partial charge in [-0.15, -0.1) is 0 Å². The average Bonchev–Trinajstić information content (AvgIpc) is 2.62. The molecular formula is C20H20N4. The van der Waals surface area contributed by atoms with Crippen LogP contribution in [0.5, 0.6) is 0 Å². The van der Waals surface area contributed by atoms with Crippen LogP contribution in [0.25, 0.3) is 22.2 Å². The van der Waals surface area contributed by atoms with E-state index < -0.39 is 0 Å². The van der Waals surface area contributed by atoms with Gasteiger partial charge in [-0.05, 0) is 25.1 Å². The van der Waals surface area contributed by atoms with E-state index in [9.17, 15) is 0 Å². The lowest BCUT2D eigenvalue weighted by atomic mass is 10.1. The molecule has 2 aromatic carbocycles. The zero-order chi connectivity index (χ0) is 16.4. The van der Waals surface area contributed by atoms with Crippen LogP contribution in [0, 0.1) is 0 Å². The molecule has 4 rings (SSSR count). The molecule has 3 N–H and O–H groups in total. The quantitative estimate of drug-likeness (QED) is 0.690. The van der Waals surface area contributed by atoms with Gasteiger partial charge in [0.2, 0.25) is 0 Å². The number of pyridine rings is 1. The number of fused-ring (bicyclic) bond motifs is 1. The van der Waals surface area contributed by atoms with Gasteiger partial charge in [-0.25, -0.2) is 4.98 Å². The highest BCUT2D eigenvalue weighted by Gasteiger charge is 2.13. The second kappa shape index (κ2) is 6.34. The third-order valence-electron chi connectivity index (χ3n) is 4.20. The van der Waals surface area contributed by atoms with Crippen LogP contribution in [0.15, 0.2) is 72.4 Å². The number of nitrogens with zero attached hydrogens (tertiary/aromatic N) is 1. The predicted octanol–water partition coefficient (Wildman–Crippen LogP) is 3.69. The normalized spacial score (nSPS) is 17.2. The molecule has 3 aromatic rings. The summed E-state index contributed by atoms with van der Waals surface area (Å²) < 4.78 is 0. The van der Waals surface area contributed by atoms with E-state index in [4.69, 9.17) is 4.98 Å². The fourth-order valence-corrected chi connectivity index (χ4v) is 2.98. The summed E-state index contributed by atoms with van der Waals surface area (Å²) in [7, 11) is 0. The topological polar surface area (TPSA) is 49.0 Å². The van der Waals surface area contributed by atoms with E-state index in [1.54, 1.807) is 0 Å². The Morgan fingerprint density at radius 2 is 1.83 bits per heavy atom. The molecule has 0 saturated heterocycles. The molecule has 0 radical (unpaired) electrons. The molecule has 4 nitrogen and oxygen atoms in total. The van der Waals surface area contributed by atoms with Crippen LogP contribution < -0.4 is 16.0 Å². The summed E-state index contributed by atoms with van der Waals surface area (Å²) in [4.78, 5) is 4.83. The van der Waals surface area contributed by atoms with Gasteiger partial charge >= 0.3 is 0 Å². The lowest BCUT2D eigenvalue weighted by Crippen LogP contribution is -2.44. The first kappa shape index (κ1) is 14.7. The van der Waals surface area contributed by atoms with E-state index in [2.05, 4.69) is 59.3 Å². The van der Waals surface area contributed by atoms with Crippen LogP contribution >= 0.6 is 0 Å². The number of benzene rings is 2. The molecule has 1 aromatic heterocycles. The van der Waals surface area contributed by atoms with Crippen molar-refractivity contribution in [2.45, 2.75) is 13.1 Å². The molecule has 1 aliphatic rings. The molecule has 0 aliphatic carbocycles. The first-order valence-electron chi connectivity index (χ1n) is 8.17. The fourth-order valence-electron chi connectivity index (χ4n) is 2.98. The number of rotatable bonds is 3. The summed E-state index contributed by atoms with van der Waals surface area (Å²) in [6.45, 7) is 2.84. The van der Waals surface area contributed by atoms with Gasteiger partial charge in [0.1, 0.15) is 0 Å². The molecule has 1 unspecified atom stereocenters. The Morgan fingerprint density at radius 1 is 1.04 bits per heavy atom. The molecule has 2 heterocycles. The van der Waals surface area contributed by atoms with E-state index in [0.717, 1.165) is 34.5 Å². The van der Waals surface area contributed by atoms with E-state index in [-0.39, 0.29) is 6.17 Å². The van der Waals surface area contributed by atoms with Crippen molar-refractivity contribution in [2.75, 3.05) is 12.0 Å². The number of allylic oxidation sites excluding steroid dienone is 1. The largest absolute Gasteiger partial charge is 0.376 e. The molecule has 24 heavy (non-hydrogen) atoms. The zero-order valence-electron chi connectivity index (χ0n) is 13.6. The van der Waals surface area contributed by atoms with Crippen LogP contribution in [0.1, 0.15) is 6.92 Å². The first-order chi connectivity index (χ1) is 11.8. The summed E-state index contributed by atoms with van der Waals surface area (Å²) in [5.74, 6) is 0. The number of para-hydroxylation sites is 1. The second-order valence-corrected chi connectivity index (χ2v) is 5.97. The first-order valence-corrected chi connectivity index (χ1v) is 8.17. The molecule has 0 spiro atoms. The maximum Gasteiger partial charge on any atom is 0.0994 e. The maximum atomic E-state index is 4.83. The fraction of sp³-hybridized carbons (Fsp3) is 0.150. The summed E-state index contributed by atoms with van der Waals surface area (Å²) >= 11 is 0. The molecule has 4 heteroatoms. The molecule has 120 valence electrons. The second-order valence-electron chi connectivity index (χ2n) is 5.97. The highest BCUT2D eigenvalue weighted by atomic mass is 15.2. The van der Waals surface area contributed by atoms with Crippen molar-refractivity contribution in [1.82, 2.24) is 15.6 Å². The molecule has 0 bridgehead atoms. The molecule has 0 amide bonds. The maximum absolute atomic E-state index is 4.83.